The summed E-state index contributed by atoms with van der Waals surface area (Å²) in [4.78, 5) is 14.3. The molecule has 1 heterocycles. The Morgan fingerprint density at radius 3 is 2.60 bits per heavy atom. The normalized spacial score (nSPS) is 22.2. The van der Waals surface area contributed by atoms with E-state index in [-0.39, 0.29) is 40.1 Å². The van der Waals surface area contributed by atoms with Gasteiger partial charge in [0, 0.05) is 22.8 Å². The van der Waals surface area contributed by atoms with Crippen molar-refractivity contribution < 1.29 is 31.8 Å². The van der Waals surface area contributed by atoms with E-state index in [1.807, 2.05) is 24.3 Å². The Morgan fingerprint density at radius 2 is 1.93 bits per heavy atom. The van der Waals surface area contributed by atoms with Gasteiger partial charge >= 0.3 is 7.52 Å². The van der Waals surface area contributed by atoms with E-state index in [1.54, 1.807) is 6.92 Å². The van der Waals surface area contributed by atoms with Crippen LogP contribution >= 0.6 is 23.4 Å². The Morgan fingerprint density at radius 1 is 1.18 bits per heavy atom. The van der Waals surface area contributed by atoms with E-state index < -0.39 is 40.3 Å². The number of rotatable bonds is 6. The SMILES string of the molecule is COP1(=O)N=C(C2=C(O)c3cc(F)ccc3C(C)(Cc3cccc(Br)c3)C2=O)Nc2ccc(NS(C)(=O)=O)cc21. The van der Waals surface area contributed by atoms with Gasteiger partial charge in [-0.1, -0.05) is 34.1 Å². The van der Waals surface area contributed by atoms with Crippen molar-refractivity contribution in [2.45, 2.75) is 18.8 Å². The molecule has 0 saturated heterocycles. The predicted molar refractivity (Wildman–Crippen MR) is 156 cm³/mol. The molecule has 13 heteroatoms. The average Bonchev–Trinajstić information content (AvgIpc) is 2.87. The third-order valence-electron chi connectivity index (χ3n) is 6.82. The summed E-state index contributed by atoms with van der Waals surface area (Å²) >= 11 is 3.45. The summed E-state index contributed by atoms with van der Waals surface area (Å²) in [7, 11) is -6.49. The van der Waals surface area contributed by atoms with Crippen molar-refractivity contribution >= 4 is 67.5 Å². The maximum Gasteiger partial charge on any atom is 0.348 e. The number of anilines is 2. The molecule has 0 amide bonds. The van der Waals surface area contributed by atoms with Crippen LogP contribution in [0.3, 0.4) is 0 Å². The van der Waals surface area contributed by atoms with Gasteiger partial charge in [-0.25, -0.2) is 12.8 Å². The smallest absolute Gasteiger partial charge is 0.348 e. The van der Waals surface area contributed by atoms with Gasteiger partial charge < -0.3 is 14.9 Å². The summed E-state index contributed by atoms with van der Waals surface area (Å²) in [5.74, 6) is -1.85. The van der Waals surface area contributed by atoms with Crippen molar-refractivity contribution in [1.29, 1.82) is 0 Å². The molecule has 208 valence electrons. The van der Waals surface area contributed by atoms with E-state index in [4.69, 9.17) is 4.52 Å². The number of nitrogens with zero attached hydrogens (tertiary/aromatic N) is 1. The van der Waals surface area contributed by atoms with Crippen LogP contribution < -0.4 is 15.3 Å². The number of benzene rings is 3. The number of carbonyl (C=O) groups is 1. The van der Waals surface area contributed by atoms with Gasteiger partial charge in [-0.15, -0.1) is 0 Å². The summed E-state index contributed by atoms with van der Waals surface area (Å²) in [6, 6.07) is 15.5. The number of amidine groups is 1. The summed E-state index contributed by atoms with van der Waals surface area (Å²) in [6.07, 6.45) is 1.19. The molecule has 1 aliphatic carbocycles. The number of aliphatic hydroxyl groups excluding tert-OH is 1. The molecule has 3 aromatic rings. The topological polar surface area (TPSA) is 134 Å². The summed E-state index contributed by atoms with van der Waals surface area (Å²) in [6.45, 7) is 1.70. The van der Waals surface area contributed by atoms with Crippen molar-refractivity contribution in [2.75, 3.05) is 23.4 Å². The highest BCUT2D eigenvalue weighted by molar-refractivity contribution is 9.10. The number of Topliss-reactive ketones (excluding diaryl/α,β-unsaturated/α-hetero) is 1. The molecule has 3 N–H and O–H groups in total. The molecule has 2 aliphatic rings. The molecular weight excluding hydrogens is 624 g/mol. The number of sulfonamides is 1. The van der Waals surface area contributed by atoms with E-state index in [0.29, 0.717) is 5.56 Å². The van der Waals surface area contributed by atoms with Gasteiger partial charge in [0.05, 0.1) is 22.7 Å². The first-order chi connectivity index (χ1) is 18.7. The zero-order valence-corrected chi connectivity index (χ0v) is 24.8. The summed E-state index contributed by atoms with van der Waals surface area (Å²) < 4.78 is 64.4. The lowest BCUT2D eigenvalue weighted by Crippen LogP contribution is -2.44. The number of ketones is 1. The first kappa shape index (κ1) is 28.2. The van der Waals surface area contributed by atoms with Crippen LogP contribution in [0.4, 0.5) is 15.8 Å². The van der Waals surface area contributed by atoms with Crippen LogP contribution in [-0.2, 0) is 35.7 Å². The molecule has 0 bridgehead atoms. The zero-order valence-electron chi connectivity index (χ0n) is 21.5. The molecular formula is C27H24BrFN3O6PS. The van der Waals surface area contributed by atoms with Crippen molar-refractivity contribution in [2.24, 2.45) is 4.76 Å². The van der Waals surface area contributed by atoms with E-state index >= 15 is 0 Å². The van der Waals surface area contributed by atoms with Gasteiger partial charge in [0.1, 0.15) is 23.0 Å². The molecule has 40 heavy (non-hydrogen) atoms. The third-order valence-corrected chi connectivity index (χ3v) is 9.85. The van der Waals surface area contributed by atoms with E-state index in [9.17, 15) is 27.3 Å². The minimum Gasteiger partial charge on any atom is -0.506 e. The molecule has 0 saturated carbocycles. The lowest BCUT2D eigenvalue weighted by atomic mass is 9.66. The molecule has 0 fully saturated rings. The Kier molecular flexibility index (Phi) is 7.02. The average molecular weight is 648 g/mol. The molecule has 1 aliphatic heterocycles. The molecule has 0 spiro atoms. The Bertz CT molecular complexity index is 1810. The predicted octanol–water partition coefficient (Wildman–Crippen LogP) is 5.30. The highest BCUT2D eigenvalue weighted by Gasteiger charge is 2.47. The summed E-state index contributed by atoms with van der Waals surface area (Å²) in [5, 5.41) is 14.3. The van der Waals surface area contributed by atoms with Crippen LogP contribution in [0.5, 0.6) is 0 Å². The zero-order chi connectivity index (χ0) is 29.0. The van der Waals surface area contributed by atoms with Crippen LogP contribution in [0.25, 0.3) is 5.76 Å². The minimum atomic E-state index is -4.05. The second-order valence-corrected chi connectivity index (χ2v) is 14.5. The van der Waals surface area contributed by atoms with Crippen LogP contribution in [0.2, 0.25) is 0 Å². The highest BCUT2D eigenvalue weighted by Crippen LogP contribution is 2.53. The Labute approximate surface area is 238 Å². The maximum atomic E-state index is 14.4. The number of fused-ring (bicyclic) bond motifs is 2. The van der Waals surface area contributed by atoms with Gasteiger partial charge in [0.2, 0.25) is 10.0 Å². The second kappa shape index (κ2) is 9.95. The second-order valence-electron chi connectivity index (χ2n) is 9.76. The van der Waals surface area contributed by atoms with Gasteiger partial charge in [-0.3, -0.25) is 14.1 Å². The largest absolute Gasteiger partial charge is 0.506 e. The van der Waals surface area contributed by atoms with Crippen LogP contribution in [0, 0.1) is 5.82 Å². The molecule has 9 nitrogen and oxygen atoms in total. The summed E-state index contributed by atoms with van der Waals surface area (Å²) in [5.41, 5.74) is 0.221. The van der Waals surface area contributed by atoms with Crippen molar-refractivity contribution in [3.63, 3.8) is 0 Å². The minimum absolute atomic E-state index is 0.0686. The molecule has 0 aromatic heterocycles. The van der Waals surface area contributed by atoms with Crippen molar-refractivity contribution in [1.82, 2.24) is 0 Å². The molecule has 0 radical (unpaired) electrons. The lowest BCUT2D eigenvalue weighted by molar-refractivity contribution is -0.120. The Balaban J connectivity index is 1.67. The molecule has 5 rings (SSSR count). The van der Waals surface area contributed by atoms with Gasteiger partial charge in [0.25, 0.3) is 0 Å². The fraction of sp³-hybridized carbons (Fsp3) is 0.185. The molecule has 2 unspecified atom stereocenters. The van der Waals surface area contributed by atoms with Crippen molar-refractivity contribution in [3.8, 4) is 0 Å². The first-order valence-electron chi connectivity index (χ1n) is 11.9. The van der Waals surface area contributed by atoms with Crippen LogP contribution in [0.15, 0.2) is 75.5 Å². The fourth-order valence-electron chi connectivity index (χ4n) is 5.02. The quantitative estimate of drug-likeness (QED) is 0.309. The lowest BCUT2D eigenvalue weighted by Gasteiger charge is -2.37. The standard InChI is InChI=1S/C27H24BrFN3O6PS/c1-27(14-15-5-4-6-16(28)11-15)20-9-7-17(29)12-19(20)24(33)23(25(27)34)26-30-21-10-8-18(32-40(3,36)37)13-22(21)39(35,31-26)38-2/h4-13,32-33H,14H2,1-3H3,(H,30,31,35). The van der Waals surface area contributed by atoms with E-state index in [0.717, 1.165) is 22.4 Å². The van der Waals surface area contributed by atoms with Crippen LogP contribution in [-0.4, -0.2) is 38.5 Å². The fourth-order valence-corrected chi connectivity index (χ4v) is 7.56. The van der Waals surface area contributed by atoms with Crippen molar-refractivity contribution in [3.05, 3.63) is 93.2 Å². The number of hydrogen-bond donors (Lipinski definition) is 3. The highest BCUT2D eigenvalue weighted by atomic mass is 79.9. The van der Waals surface area contributed by atoms with Gasteiger partial charge in [0.15, 0.2) is 5.78 Å². The van der Waals surface area contributed by atoms with Gasteiger partial charge in [-0.05, 0) is 66.9 Å². The van der Waals surface area contributed by atoms with Gasteiger partial charge in [-0.2, -0.15) is 4.76 Å². The number of hydrogen-bond acceptors (Lipinski definition) is 7. The van der Waals surface area contributed by atoms with E-state index in [1.165, 1.54) is 37.4 Å². The Hall–Kier alpha value is -3.31. The maximum absolute atomic E-state index is 14.4. The number of nitrogens with one attached hydrogen (secondary N) is 2. The number of aliphatic hydroxyl groups is 1. The first-order valence-corrected chi connectivity index (χ1v) is 16.2. The monoisotopic (exact) mass is 647 g/mol. The third kappa shape index (κ3) is 5.01. The molecule has 3 aromatic carbocycles. The number of halogens is 2. The number of carbonyl (C=O) groups excluding carboxylic acids is 1. The van der Waals surface area contributed by atoms with Crippen LogP contribution in [0.1, 0.15) is 23.6 Å². The molecule has 2 atom stereocenters. The van der Waals surface area contributed by atoms with E-state index in [2.05, 4.69) is 30.7 Å².